The maximum Gasteiger partial charge on any atom is 0.307 e. The van der Waals surface area contributed by atoms with Crippen molar-refractivity contribution in [2.24, 2.45) is 13.0 Å². The van der Waals surface area contributed by atoms with E-state index in [1.165, 1.54) is 27.8 Å². The second kappa shape index (κ2) is 8.44. The summed E-state index contributed by atoms with van der Waals surface area (Å²) in [5.41, 5.74) is 3.66. The van der Waals surface area contributed by atoms with Crippen molar-refractivity contribution in [3.05, 3.63) is 89.5 Å². The smallest absolute Gasteiger partial charge is 0.307 e. The predicted octanol–water partition coefficient (Wildman–Crippen LogP) is 5.75. The minimum Gasteiger partial charge on any atom is -0.481 e. The van der Waals surface area contributed by atoms with Gasteiger partial charge < -0.3 is 9.67 Å². The highest BCUT2D eigenvalue weighted by molar-refractivity contribution is 7.90. The van der Waals surface area contributed by atoms with Gasteiger partial charge in [-0.1, -0.05) is 42.5 Å². The number of para-hydroxylation sites is 1. The number of carbonyl (C=O) groups is 1. The van der Waals surface area contributed by atoms with Gasteiger partial charge in [0.05, 0.1) is 30.0 Å². The Hall–Kier alpha value is -4.20. The van der Waals surface area contributed by atoms with Crippen LogP contribution in [0.15, 0.2) is 77.5 Å². The van der Waals surface area contributed by atoms with Gasteiger partial charge in [0.1, 0.15) is 0 Å². The molecule has 2 unspecified atom stereocenters. The van der Waals surface area contributed by atoms with Crippen LogP contribution in [0.25, 0.3) is 38.1 Å². The van der Waals surface area contributed by atoms with E-state index in [0.29, 0.717) is 44.7 Å². The highest BCUT2D eigenvalue weighted by atomic mass is 32.2. The molecule has 1 aliphatic rings. The zero-order valence-corrected chi connectivity index (χ0v) is 21.2. The normalized spacial score (nSPS) is 17.1. The van der Waals surface area contributed by atoms with Gasteiger partial charge in [0.2, 0.25) is 5.00 Å². The molecule has 10 heteroatoms. The van der Waals surface area contributed by atoms with Gasteiger partial charge in [-0.25, -0.2) is 13.8 Å². The third-order valence-corrected chi connectivity index (χ3v) is 9.14. The highest BCUT2D eigenvalue weighted by Crippen LogP contribution is 2.50. The summed E-state index contributed by atoms with van der Waals surface area (Å²) in [5.74, 6) is -1.39. The predicted molar refractivity (Wildman–Crippen MR) is 141 cm³/mol. The summed E-state index contributed by atoms with van der Waals surface area (Å²) in [6.07, 6.45) is 3.45. The number of nitrogens with zero attached hydrogens (tertiary/aromatic N) is 4. The van der Waals surface area contributed by atoms with Crippen molar-refractivity contribution in [3.8, 4) is 22.4 Å². The van der Waals surface area contributed by atoms with Gasteiger partial charge in [-0.05, 0) is 35.4 Å². The van der Waals surface area contributed by atoms with Crippen LogP contribution in [0, 0.1) is 12.5 Å². The van der Waals surface area contributed by atoms with E-state index in [4.69, 9.17) is 6.57 Å². The Morgan fingerprint density at radius 3 is 2.70 bits per heavy atom. The summed E-state index contributed by atoms with van der Waals surface area (Å²) in [5, 5.41) is 12.3. The molecule has 0 aliphatic heterocycles. The Morgan fingerprint density at radius 2 is 2.00 bits per heavy atom. The average Bonchev–Trinajstić information content (AvgIpc) is 3.19. The molecule has 3 aromatic heterocycles. The first-order chi connectivity index (χ1) is 17.8. The Labute approximate surface area is 216 Å². The maximum absolute atomic E-state index is 14.1. The van der Waals surface area contributed by atoms with Crippen molar-refractivity contribution in [1.29, 1.82) is 0 Å². The SMILES string of the molecule is [C-]#[N+]c1sccc1-c1c(-c2cccc(C3CC3C(=O)O)c2)n(S(=O)(=O)c2cn(C)cn2)c2ccccc12. The van der Waals surface area contributed by atoms with Gasteiger partial charge in [-0.2, -0.15) is 19.8 Å². The molecule has 184 valence electrons. The Morgan fingerprint density at radius 1 is 1.19 bits per heavy atom. The summed E-state index contributed by atoms with van der Waals surface area (Å²) in [6.45, 7) is 7.70. The molecule has 1 saturated carbocycles. The second-order valence-corrected chi connectivity index (χ2v) is 11.7. The molecule has 0 spiro atoms. The molecule has 8 nitrogen and oxygen atoms in total. The lowest BCUT2D eigenvalue weighted by Gasteiger charge is -2.13. The third kappa shape index (κ3) is 3.66. The van der Waals surface area contributed by atoms with E-state index in [-0.39, 0.29) is 10.9 Å². The molecule has 1 N–H and O–H groups in total. The number of imidazole rings is 1. The number of aliphatic carboxylic acids is 1. The van der Waals surface area contributed by atoms with Crippen molar-refractivity contribution in [1.82, 2.24) is 13.5 Å². The number of carboxylic acid groups (broad SMARTS) is 1. The first-order valence-corrected chi connectivity index (χ1v) is 13.8. The summed E-state index contributed by atoms with van der Waals surface area (Å²) in [6, 6.07) is 16.5. The van der Waals surface area contributed by atoms with Crippen LogP contribution in [0.1, 0.15) is 17.9 Å². The van der Waals surface area contributed by atoms with Gasteiger partial charge in [0.15, 0.2) is 5.03 Å². The van der Waals surface area contributed by atoms with Crippen LogP contribution in [-0.2, 0) is 21.9 Å². The number of hydrogen-bond acceptors (Lipinski definition) is 5. The fraction of sp³-hybridized carbons (Fsp3) is 0.148. The minimum atomic E-state index is -4.14. The molecular weight excluding hydrogens is 508 g/mol. The molecule has 0 radical (unpaired) electrons. The fourth-order valence-electron chi connectivity index (χ4n) is 4.94. The van der Waals surface area contributed by atoms with Gasteiger partial charge >= 0.3 is 5.97 Å². The van der Waals surface area contributed by atoms with Gasteiger partial charge in [-0.3, -0.25) is 4.79 Å². The highest BCUT2D eigenvalue weighted by Gasteiger charge is 2.44. The molecule has 1 fully saturated rings. The van der Waals surface area contributed by atoms with Crippen LogP contribution >= 0.6 is 11.3 Å². The van der Waals surface area contributed by atoms with Crippen LogP contribution in [0.4, 0.5) is 5.00 Å². The molecule has 5 aromatic rings. The monoisotopic (exact) mass is 528 g/mol. The Balaban J connectivity index is 1.70. The van der Waals surface area contributed by atoms with Crippen molar-refractivity contribution < 1.29 is 18.3 Å². The first kappa shape index (κ1) is 23.2. The summed E-state index contributed by atoms with van der Waals surface area (Å²) in [4.78, 5) is 19.4. The molecule has 0 saturated heterocycles. The number of thiophene rings is 1. The van der Waals surface area contributed by atoms with E-state index in [1.54, 1.807) is 23.7 Å². The van der Waals surface area contributed by atoms with Crippen molar-refractivity contribution in [3.63, 3.8) is 0 Å². The topological polar surface area (TPSA) is 98.5 Å². The van der Waals surface area contributed by atoms with Crippen LogP contribution in [0.2, 0.25) is 0 Å². The number of fused-ring (bicyclic) bond motifs is 1. The lowest BCUT2D eigenvalue weighted by molar-refractivity contribution is -0.138. The van der Waals surface area contributed by atoms with E-state index < -0.39 is 21.9 Å². The second-order valence-electron chi connectivity index (χ2n) is 9.05. The molecule has 2 atom stereocenters. The van der Waals surface area contributed by atoms with E-state index in [9.17, 15) is 18.3 Å². The van der Waals surface area contributed by atoms with E-state index in [2.05, 4.69) is 9.83 Å². The van der Waals surface area contributed by atoms with E-state index >= 15 is 0 Å². The Kier molecular flexibility index (Phi) is 5.29. The number of rotatable bonds is 6. The van der Waals surface area contributed by atoms with Crippen molar-refractivity contribution >= 4 is 43.2 Å². The summed E-state index contributed by atoms with van der Waals surface area (Å²) < 4.78 is 31.1. The molecule has 2 aromatic carbocycles. The van der Waals surface area contributed by atoms with E-state index in [0.717, 1.165) is 5.56 Å². The first-order valence-electron chi connectivity index (χ1n) is 11.5. The van der Waals surface area contributed by atoms with Crippen LogP contribution in [0.5, 0.6) is 0 Å². The standard InChI is InChI=1S/C27H20N4O4S2/c1-28-26-19(10-11-36-26)24-18-8-3-4-9-22(18)31(37(34,35)23-14-30(2)15-29-23)25(24)17-7-5-6-16(12-17)20-13-21(20)27(32)33/h3-12,14-15,20-21H,13H2,2H3,(H,32,33). The van der Waals surface area contributed by atoms with Gasteiger partial charge in [-0.15, -0.1) is 0 Å². The summed E-state index contributed by atoms with van der Waals surface area (Å²) >= 11 is 1.30. The number of carboxylic acids is 1. The third-order valence-electron chi connectivity index (χ3n) is 6.73. The van der Waals surface area contributed by atoms with E-state index in [1.807, 2.05) is 47.8 Å². The Bertz CT molecular complexity index is 1860. The largest absolute Gasteiger partial charge is 0.481 e. The van der Waals surface area contributed by atoms with Crippen LogP contribution in [-0.4, -0.2) is 33.0 Å². The molecule has 0 bridgehead atoms. The van der Waals surface area contributed by atoms with Crippen molar-refractivity contribution in [2.45, 2.75) is 17.4 Å². The molecule has 1 aliphatic carbocycles. The molecule has 6 rings (SSSR count). The van der Waals surface area contributed by atoms with Gasteiger partial charge in [0, 0.05) is 35.3 Å². The molecule has 0 amide bonds. The fourth-order valence-corrected chi connectivity index (χ4v) is 7.15. The number of benzene rings is 2. The zero-order chi connectivity index (χ0) is 25.9. The lowest BCUT2D eigenvalue weighted by atomic mass is 9.97. The molecule has 37 heavy (non-hydrogen) atoms. The van der Waals surface area contributed by atoms with Crippen LogP contribution < -0.4 is 0 Å². The molecule has 3 heterocycles. The quantitative estimate of drug-likeness (QED) is 0.283. The van der Waals surface area contributed by atoms with Gasteiger partial charge in [0.25, 0.3) is 10.0 Å². The lowest BCUT2D eigenvalue weighted by Crippen LogP contribution is -2.15. The molecular formula is C27H20N4O4S2. The van der Waals surface area contributed by atoms with Crippen molar-refractivity contribution in [2.75, 3.05) is 0 Å². The number of aryl methyl sites for hydroxylation is 1. The average molecular weight is 529 g/mol. The number of aromatic nitrogens is 3. The number of hydrogen-bond donors (Lipinski definition) is 1. The van der Waals surface area contributed by atoms with Crippen LogP contribution in [0.3, 0.4) is 0 Å². The maximum atomic E-state index is 14.1. The minimum absolute atomic E-state index is 0.0939. The summed E-state index contributed by atoms with van der Waals surface area (Å²) in [7, 11) is -2.43. The zero-order valence-electron chi connectivity index (χ0n) is 19.6.